The van der Waals surface area contributed by atoms with Crippen LogP contribution in [0, 0.1) is 65.1 Å². The molecule has 9 saturated heterocycles. The molecule has 0 radical (unpaired) electrons. The highest BCUT2D eigenvalue weighted by Crippen LogP contribution is 2.41. The first-order valence-electron chi connectivity index (χ1n) is 29.1. The summed E-state index contributed by atoms with van der Waals surface area (Å²) in [5.41, 5.74) is 0. The van der Waals surface area contributed by atoms with Gasteiger partial charge in [0.2, 0.25) is 0 Å². The number of rotatable bonds is 0. The minimum Gasteiger partial charge on any atom is -0.229 e. The summed E-state index contributed by atoms with van der Waals surface area (Å²) in [6.45, 7) is 0. The summed E-state index contributed by atoms with van der Waals surface area (Å²) in [6, 6.07) is 0. The van der Waals surface area contributed by atoms with Gasteiger partial charge in [-0.05, 0) is 245 Å². The third-order valence-corrected chi connectivity index (χ3v) is 35.2. The molecule has 0 amide bonds. The number of hydrogen-bond donors (Lipinski definition) is 0. The van der Waals surface area contributed by atoms with Crippen molar-refractivity contribution >= 4 is 68.9 Å². The van der Waals surface area contributed by atoms with Crippen molar-refractivity contribution in [1.29, 1.82) is 0 Å². The Hall–Kier alpha value is -0.350. The van der Waals surface area contributed by atoms with Crippen LogP contribution in [-0.2, 0) is 68.9 Å². The van der Waals surface area contributed by atoms with E-state index in [0.717, 1.165) is 0 Å². The molecule has 0 unspecified atom stereocenters. The van der Waals surface area contributed by atoms with E-state index in [2.05, 4.69) is 0 Å². The largest absolute Gasteiger partial charge is 0.229 e. The highest BCUT2D eigenvalue weighted by Gasteiger charge is 2.41. The van der Waals surface area contributed by atoms with Gasteiger partial charge in [-0.2, -0.15) is 0 Å². The predicted molar refractivity (Wildman–Crippen MR) is 295 cm³/mol. The number of sulfone groups is 7. The molecule has 9 heterocycles. The van der Waals surface area contributed by atoms with Crippen LogP contribution < -0.4 is 0 Å². The molecule has 14 bridgehead atoms. The third-order valence-electron chi connectivity index (χ3n) is 20.1. The molecule has 16 aliphatic rings. The fourth-order valence-electron chi connectivity index (χ4n) is 15.8. The standard InChI is InChI=1S/C53H92O14S7/c54-68(55)29-40-1-3-42(4-2-40)31-69(56,57)33-44-9-13-49(14-10-44)38-73(64,65)53-27-21-50(22-28-53)39-74(66,67)52-25-19-47(20-26-52)36-71(60,61)34-45-11-15-48(16-12-45)37-72(62,63)51-23-17-46(18-24-51)35-70(58,59)32-43-7-5-41(30-68)6-8-43/h40-53H,1-39H2/t40-,41-,42+,43+,44-,45-,46-,47-,48+,49+,50-,51+,52+,53+. The van der Waals surface area contributed by atoms with E-state index in [-0.39, 0.29) is 128 Å². The van der Waals surface area contributed by atoms with Gasteiger partial charge in [0.1, 0.15) is 0 Å². The van der Waals surface area contributed by atoms with Crippen LogP contribution in [-0.4, -0.2) is 138 Å². The molecule has 0 N–H and O–H groups in total. The maximum atomic E-state index is 13.7. The average molecular weight is 1180 g/mol. The summed E-state index contributed by atoms with van der Waals surface area (Å²) in [6.07, 6.45) is 16.6. The van der Waals surface area contributed by atoms with E-state index in [9.17, 15) is 58.9 Å². The Labute approximate surface area is 448 Å². The first kappa shape index (κ1) is 59.8. The van der Waals surface area contributed by atoms with Crippen molar-refractivity contribution in [2.75, 3.05) is 63.3 Å². The van der Waals surface area contributed by atoms with Gasteiger partial charge in [-0.25, -0.2) is 58.9 Å². The quantitative estimate of drug-likeness (QED) is 0.225. The first-order valence-corrected chi connectivity index (χ1v) is 41.6. The monoisotopic (exact) mass is 1180 g/mol. The Morgan fingerprint density at radius 3 is 0.392 bits per heavy atom. The van der Waals surface area contributed by atoms with Gasteiger partial charge in [0, 0.05) is 0 Å². The van der Waals surface area contributed by atoms with Gasteiger partial charge >= 0.3 is 0 Å². The molecule has 430 valence electrons. The zero-order valence-electron chi connectivity index (χ0n) is 44.2. The molecule has 74 heavy (non-hydrogen) atoms. The average Bonchev–Trinajstić information content (AvgIpc) is 3.31. The normalized spacial score (nSPS) is 42.5. The maximum Gasteiger partial charge on any atom is 0.153 e. The molecular formula is C53H92O14S7. The van der Waals surface area contributed by atoms with Gasteiger partial charge in [-0.1, -0.05) is 0 Å². The molecule has 16 fully saturated rings. The summed E-state index contributed by atoms with van der Waals surface area (Å²) in [5.74, 6) is 0.441. The Bertz CT molecular complexity index is 2650. The van der Waals surface area contributed by atoms with Gasteiger partial charge in [0.05, 0.1) is 79.0 Å². The lowest BCUT2D eigenvalue weighted by Crippen LogP contribution is -2.37. The van der Waals surface area contributed by atoms with Gasteiger partial charge < -0.3 is 0 Å². The molecule has 0 aromatic rings. The van der Waals surface area contributed by atoms with Crippen molar-refractivity contribution in [3.8, 4) is 0 Å². The lowest BCUT2D eigenvalue weighted by Gasteiger charge is -2.33. The van der Waals surface area contributed by atoms with Crippen LogP contribution in [0.4, 0.5) is 0 Å². The van der Waals surface area contributed by atoms with E-state index >= 15 is 0 Å². The summed E-state index contributed by atoms with van der Waals surface area (Å²) >= 11 is 0. The number of fused-ring (bicyclic) bond motifs is 5. The van der Waals surface area contributed by atoms with Crippen LogP contribution >= 0.6 is 0 Å². The maximum absolute atomic E-state index is 13.7. The molecule has 0 spiro atoms. The molecule has 7 saturated carbocycles. The molecule has 9 aliphatic heterocycles. The lowest BCUT2D eigenvalue weighted by molar-refractivity contribution is 0.298. The smallest absolute Gasteiger partial charge is 0.153 e. The second kappa shape index (κ2) is 24.8. The van der Waals surface area contributed by atoms with Crippen molar-refractivity contribution in [3.63, 3.8) is 0 Å². The van der Waals surface area contributed by atoms with E-state index in [0.29, 0.717) is 180 Å². The minimum absolute atomic E-state index is 0.000569. The summed E-state index contributed by atoms with van der Waals surface area (Å²) in [7, 11) is -23.8. The van der Waals surface area contributed by atoms with Crippen LogP contribution in [0.3, 0.4) is 0 Å². The molecule has 14 nitrogen and oxygen atoms in total. The van der Waals surface area contributed by atoms with Crippen LogP contribution in [0.25, 0.3) is 0 Å². The van der Waals surface area contributed by atoms with Crippen molar-refractivity contribution in [2.45, 2.75) is 196 Å². The Morgan fingerprint density at radius 1 is 0.149 bits per heavy atom. The van der Waals surface area contributed by atoms with Crippen LogP contribution in [0.1, 0.15) is 180 Å². The lowest BCUT2D eigenvalue weighted by atomic mass is 9.84. The Balaban J connectivity index is 0.846. The van der Waals surface area contributed by atoms with Crippen LogP contribution in [0.15, 0.2) is 0 Å². The van der Waals surface area contributed by atoms with E-state index in [4.69, 9.17) is 0 Å². The van der Waals surface area contributed by atoms with E-state index in [1.807, 2.05) is 0 Å². The predicted octanol–water partition coefficient (Wildman–Crippen LogP) is 7.81. The first-order chi connectivity index (χ1) is 34.7. The van der Waals surface area contributed by atoms with E-state index in [1.54, 1.807) is 0 Å². The summed E-state index contributed by atoms with van der Waals surface area (Å²) in [4.78, 5) is 0. The van der Waals surface area contributed by atoms with Crippen molar-refractivity contribution in [1.82, 2.24) is 0 Å². The zero-order valence-corrected chi connectivity index (χ0v) is 49.9. The van der Waals surface area contributed by atoms with Crippen LogP contribution in [0.5, 0.6) is 0 Å². The molecule has 21 heteroatoms. The van der Waals surface area contributed by atoms with Crippen molar-refractivity contribution in [3.05, 3.63) is 0 Å². The SMILES string of the molecule is O=S1(=O)C[C@H]2CC[C@H](CC2)CS(=O)(=O)C[C@H]2CC[C@H](CC2)CS(=O)(=O)[C@@H]2CC[C@@H](CC2)CS(=O)(=O)[C@@H]2CC[C@@H](CC2)CS(=O)(=O)C[C@H]2CC[C@H](CC2)CS(=O)(=O)[C@@H]2CC[C@@H](CC2)CS(=O)(=O)C[C@@H]2CC[C@@H](CC2)C1. The Morgan fingerprint density at radius 2 is 0.257 bits per heavy atom. The van der Waals surface area contributed by atoms with Crippen molar-refractivity contribution in [2.24, 2.45) is 65.1 Å². The van der Waals surface area contributed by atoms with E-state index < -0.39 is 84.6 Å². The fourth-order valence-corrected chi connectivity index (χ4v) is 31.5. The van der Waals surface area contributed by atoms with E-state index in [1.165, 1.54) is 0 Å². The second-order valence-electron chi connectivity index (χ2n) is 26.3. The fraction of sp³-hybridized carbons (Fsp3) is 1.00. The highest BCUT2D eigenvalue weighted by molar-refractivity contribution is 7.93. The van der Waals surface area contributed by atoms with Gasteiger partial charge in [-0.15, -0.1) is 0 Å². The molecule has 0 aromatic carbocycles. The van der Waals surface area contributed by atoms with Gasteiger partial charge in [0.15, 0.2) is 68.9 Å². The molecule has 0 atom stereocenters. The Kier molecular flexibility index (Phi) is 20.0. The van der Waals surface area contributed by atoms with Gasteiger partial charge in [-0.3, -0.25) is 0 Å². The summed E-state index contributed by atoms with van der Waals surface area (Å²) < 4.78 is 190. The number of hydrogen-bond acceptors (Lipinski definition) is 14. The van der Waals surface area contributed by atoms with Crippen molar-refractivity contribution < 1.29 is 58.9 Å². The summed E-state index contributed by atoms with van der Waals surface area (Å²) in [5, 5.41) is -1.50. The zero-order chi connectivity index (χ0) is 53.2. The third kappa shape index (κ3) is 17.6. The topological polar surface area (TPSA) is 239 Å². The van der Waals surface area contributed by atoms with Crippen LogP contribution in [0.2, 0.25) is 0 Å². The minimum atomic E-state index is -3.45. The van der Waals surface area contributed by atoms with Gasteiger partial charge in [0.25, 0.3) is 0 Å². The molecular weight excluding hydrogens is 1090 g/mol. The molecule has 7 aliphatic carbocycles. The molecule has 16 rings (SSSR count). The highest BCUT2D eigenvalue weighted by atomic mass is 32.2. The molecule has 0 aromatic heterocycles. The second-order valence-corrected chi connectivity index (χ2v) is 41.9.